The molecule has 0 aliphatic rings. The number of hydrogen-bond donors (Lipinski definition) is 4. The van der Waals surface area contributed by atoms with E-state index < -0.39 is 12.0 Å². The fraction of sp³-hybridized carbons (Fsp3) is 0.200. The van der Waals surface area contributed by atoms with E-state index in [1.165, 1.54) is 6.92 Å². The predicted molar refractivity (Wildman–Crippen MR) is 59.2 cm³/mol. The van der Waals surface area contributed by atoms with Crippen molar-refractivity contribution in [2.45, 2.75) is 13.0 Å². The molecule has 0 bridgehead atoms. The van der Waals surface area contributed by atoms with Gasteiger partial charge in [0, 0.05) is 5.69 Å². The minimum Gasteiger partial charge on any atom is -0.384 e. The number of nitrogens with one attached hydrogen (secondary N) is 3. The summed E-state index contributed by atoms with van der Waals surface area (Å²) in [6, 6.07) is 4.94. The van der Waals surface area contributed by atoms with E-state index in [9.17, 15) is 9.59 Å². The Morgan fingerprint density at radius 1 is 1.38 bits per heavy atom. The Morgan fingerprint density at radius 2 is 2.06 bits per heavy atom. The van der Waals surface area contributed by atoms with Gasteiger partial charge in [-0.25, -0.2) is 4.79 Å². The van der Waals surface area contributed by atoms with Crippen molar-refractivity contribution in [3.05, 3.63) is 28.7 Å². The van der Waals surface area contributed by atoms with Gasteiger partial charge in [0.2, 0.25) is 0 Å². The normalized spacial score (nSPS) is 12.6. The van der Waals surface area contributed by atoms with Gasteiger partial charge in [0.15, 0.2) is 0 Å². The Hall–Kier alpha value is -2.08. The van der Waals surface area contributed by atoms with Gasteiger partial charge in [0.1, 0.15) is 6.10 Å². The second-order valence-electron chi connectivity index (χ2n) is 3.50. The lowest BCUT2D eigenvalue weighted by molar-refractivity contribution is -0.123. The highest BCUT2D eigenvalue weighted by atomic mass is 16.3. The summed E-state index contributed by atoms with van der Waals surface area (Å²) in [7, 11) is 0. The highest BCUT2D eigenvalue weighted by Crippen LogP contribution is 2.14. The summed E-state index contributed by atoms with van der Waals surface area (Å²) < 4.78 is 0. The highest BCUT2D eigenvalue weighted by molar-refractivity contribution is 5.95. The quantitative estimate of drug-likeness (QED) is 0.582. The number of anilines is 1. The molecule has 6 nitrogen and oxygen atoms in total. The van der Waals surface area contributed by atoms with Gasteiger partial charge in [-0.2, -0.15) is 0 Å². The topological polar surface area (TPSA) is 98.0 Å². The molecule has 0 saturated heterocycles. The number of benzene rings is 1. The van der Waals surface area contributed by atoms with Crippen LogP contribution in [0.5, 0.6) is 0 Å². The molecule has 2 rings (SSSR count). The minimum atomic E-state index is -1.07. The van der Waals surface area contributed by atoms with Crippen LogP contribution in [0.25, 0.3) is 11.0 Å². The first-order chi connectivity index (χ1) is 7.56. The third-order valence-electron chi connectivity index (χ3n) is 2.16. The van der Waals surface area contributed by atoms with E-state index in [4.69, 9.17) is 5.11 Å². The molecular formula is C10H11N3O3. The van der Waals surface area contributed by atoms with Crippen LogP contribution in [-0.2, 0) is 4.79 Å². The van der Waals surface area contributed by atoms with Crippen molar-refractivity contribution in [1.29, 1.82) is 0 Å². The van der Waals surface area contributed by atoms with Crippen molar-refractivity contribution in [2.75, 3.05) is 5.32 Å². The molecule has 0 aliphatic carbocycles. The summed E-state index contributed by atoms with van der Waals surface area (Å²) in [6.45, 7) is 1.38. The lowest BCUT2D eigenvalue weighted by atomic mass is 10.2. The van der Waals surface area contributed by atoms with Crippen LogP contribution in [0.3, 0.4) is 0 Å². The van der Waals surface area contributed by atoms with E-state index in [0.29, 0.717) is 16.7 Å². The van der Waals surface area contributed by atoms with Gasteiger partial charge in [-0.1, -0.05) is 0 Å². The first-order valence-corrected chi connectivity index (χ1v) is 4.77. The zero-order chi connectivity index (χ0) is 11.7. The number of aromatic amines is 2. The standard InChI is InChI=1S/C10H11N3O3/c1-5(14)9(15)11-6-2-3-7-8(4-6)13-10(16)12-7/h2-5,14H,1H3,(H,11,15)(H2,12,13,16). The molecule has 1 amide bonds. The van der Waals surface area contributed by atoms with Gasteiger partial charge in [0.05, 0.1) is 11.0 Å². The molecule has 0 spiro atoms. The van der Waals surface area contributed by atoms with Crippen LogP contribution in [-0.4, -0.2) is 27.1 Å². The van der Waals surface area contributed by atoms with E-state index in [-0.39, 0.29) is 5.69 Å². The van der Waals surface area contributed by atoms with E-state index in [0.717, 1.165) is 0 Å². The molecule has 1 atom stereocenters. The molecule has 4 N–H and O–H groups in total. The van der Waals surface area contributed by atoms with Gasteiger partial charge >= 0.3 is 5.69 Å². The van der Waals surface area contributed by atoms with Crippen molar-refractivity contribution < 1.29 is 9.90 Å². The van der Waals surface area contributed by atoms with E-state index in [1.807, 2.05) is 0 Å². The molecule has 6 heteroatoms. The van der Waals surface area contributed by atoms with Crippen molar-refractivity contribution in [3.63, 3.8) is 0 Å². The summed E-state index contributed by atoms with van der Waals surface area (Å²) >= 11 is 0. The van der Waals surface area contributed by atoms with Crippen molar-refractivity contribution in [3.8, 4) is 0 Å². The molecule has 1 heterocycles. The van der Waals surface area contributed by atoms with Gasteiger partial charge in [-0.05, 0) is 25.1 Å². The van der Waals surface area contributed by atoms with Gasteiger partial charge < -0.3 is 20.4 Å². The lowest BCUT2D eigenvalue weighted by Crippen LogP contribution is -2.24. The van der Waals surface area contributed by atoms with Crippen molar-refractivity contribution in [1.82, 2.24) is 9.97 Å². The lowest BCUT2D eigenvalue weighted by Gasteiger charge is -2.06. The number of carbonyl (C=O) groups is 1. The molecule has 16 heavy (non-hydrogen) atoms. The molecule has 0 aliphatic heterocycles. The largest absolute Gasteiger partial charge is 0.384 e. The number of carbonyl (C=O) groups excluding carboxylic acids is 1. The van der Waals surface area contributed by atoms with E-state index in [1.54, 1.807) is 18.2 Å². The third kappa shape index (κ3) is 1.96. The number of H-pyrrole nitrogens is 2. The molecule has 2 aromatic rings. The monoisotopic (exact) mass is 221 g/mol. The van der Waals surface area contributed by atoms with Crippen molar-refractivity contribution in [2.24, 2.45) is 0 Å². The number of imidazole rings is 1. The van der Waals surface area contributed by atoms with Gasteiger partial charge in [0.25, 0.3) is 5.91 Å². The Bertz CT molecular complexity index is 582. The number of rotatable bonds is 2. The second-order valence-corrected chi connectivity index (χ2v) is 3.50. The zero-order valence-corrected chi connectivity index (χ0v) is 8.57. The van der Waals surface area contributed by atoms with Crippen LogP contribution in [0.4, 0.5) is 5.69 Å². The molecular weight excluding hydrogens is 210 g/mol. The second kappa shape index (κ2) is 3.82. The number of aromatic nitrogens is 2. The zero-order valence-electron chi connectivity index (χ0n) is 8.57. The fourth-order valence-electron chi connectivity index (χ4n) is 1.36. The molecule has 1 aromatic heterocycles. The Balaban J connectivity index is 2.32. The van der Waals surface area contributed by atoms with Gasteiger partial charge in [-0.3, -0.25) is 4.79 Å². The highest BCUT2D eigenvalue weighted by Gasteiger charge is 2.09. The Labute approximate surface area is 90.3 Å². The van der Waals surface area contributed by atoms with Crippen LogP contribution in [0.15, 0.2) is 23.0 Å². The summed E-state index contributed by atoms with van der Waals surface area (Å²) in [5, 5.41) is 11.5. The third-order valence-corrected chi connectivity index (χ3v) is 2.16. The Morgan fingerprint density at radius 3 is 2.75 bits per heavy atom. The van der Waals surface area contributed by atoms with E-state index in [2.05, 4.69) is 15.3 Å². The Kier molecular flexibility index (Phi) is 2.49. The number of fused-ring (bicyclic) bond motifs is 1. The minimum absolute atomic E-state index is 0.297. The van der Waals surface area contributed by atoms with Crippen molar-refractivity contribution >= 4 is 22.6 Å². The number of amides is 1. The van der Waals surface area contributed by atoms with E-state index >= 15 is 0 Å². The van der Waals surface area contributed by atoms with Crippen LogP contribution in [0.2, 0.25) is 0 Å². The summed E-state index contributed by atoms with van der Waals surface area (Å²) in [4.78, 5) is 27.4. The molecule has 0 fully saturated rings. The maximum Gasteiger partial charge on any atom is 0.323 e. The smallest absolute Gasteiger partial charge is 0.323 e. The van der Waals surface area contributed by atoms with Crippen LogP contribution < -0.4 is 11.0 Å². The number of hydrogen-bond acceptors (Lipinski definition) is 3. The van der Waals surface area contributed by atoms with Crippen LogP contribution in [0, 0.1) is 0 Å². The summed E-state index contributed by atoms with van der Waals surface area (Å²) in [6.07, 6.45) is -1.07. The van der Waals surface area contributed by atoms with Crippen LogP contribution >= 0.6 is 0 Å². The molecule has 0 radical (unpaired) electrons. The summed E-state index contributed by atoms with van der Waals surface area (Å²) in [5.74, 6) is -0.489. The SMILES string of the molecule is CC(O)C(=O)Nc1ccc2[nH]c(=O)[nH]c2c1. The average molecular weight is 221 g/mol. The predicted octanol–water partition coefficient (Wildman–Crippen LogP) is 0.175. The molecule has 84 valence electrons. The maximum absolute atomic E-state index is 11.2. The summed E-state index contributed by atoms with van der Waals surface area (Å²) in [5.41, 5.74) is 1.50. The molecule has 0 saturated carbocycles. The van der Waals surface area contributed by atoms with Gasteiger partial charge in [-0.15, -0.1) is 0 Å². The first-order valence-electron chi connectivity index (χ1n) is 4.77. The average Bonchev–Trinajstić information content (AvgIpc) is 2.57. The fourth-order valence-corrected chi connectivity index (χ4v) is 1.36. The van der Waals surface area contributed by atoms with Crippen LogP contribution in [0.1, 0.15) is 6.92 Å². The molecule has 1 aromatic carbocycles. The maximum atomic E-state index is 11.2. The number of aliphatic hydroxyl groups excluding tert-OH is 1. The molecule has 1 unspecified atom stereocenters. The number of aliphatic hydroxyl groups is 1. The first kappa shape index (κ1) is 10.4.